The Bertz CT molecular complexity index is 851. The lowest BCUT2D eigenvalue weighted by molar-refractivity contribution is -0.112. The van der Waals surface area contributed by atoms with Crippen LogP contribution >= 0.6 is 0 Å². The second-order valence-electron chi connectivity index (χ2n) is 5.36. The van der Waals surface area contributed by atoms with Crippen LogP contribution < -0.4 is 16.4 Å². The third-order valence-corrected chi connectivity index (χ3v) is 3.40. The van der Waals surface area contributed by atoms with Gasteiger partial charge in [-0.25, -0.2) is 0 Å². The highest BCUT2D eigenvalue weighted by molar-refractivity contribution is 6.07. The standard InChI is InChI=1S/C18H18N4O2/c1-11-3-5-15(20)17(7-11)21-10-13(9-19)18(24)22-16-6-4-14(23)8-12(16)2/h3-8,10,21,23H,20H2,1-2H3,(H,22,24)/b13-10-. The van der Waals surface area contributed by atoms with Crippen molar-refractivity contribution < 1.29 is 9.90 Å². The van der Waals surface area contributed by atoms with E-state index in [0.717, 1.165) is 5.56 Å². The summed E-state index contributed by atoms with van der Waals surface area (Å²) in [5, 5.41) is 24.1. The number of phenols is 1. The Labute approximate surface area is 140 Å². The molecule has 0 aliphatic rings. The fraction of sp³-hybridized carbons (Fsp3) is 0.111. The number of nitrogen functional groups attached to an aromatic ring is 1. The third kappa shape index (κ3) is 4.05. The zero-order valence-corrected chi connectivity index (χ0v) is 13.4. The first-order valence-corrected chi connectivity index (χ1v) is 7.24. The molecule has 2 aromatic rings. The molecule has 5 N–H and O–H groups in total. The largest absolute Gasteiger partial charge is 0.508 e. The molecular weight excluding hydrogens is 304 g/mol. The van der Waals surface area contributed by atoms with Gasteiger partial charge in [0.1, 0.15) is 17.4 Å². The van der Waals surface area contributed by atoms with Crippen LogP contribution in [0.4, 0.5) is 17.1 Å². The van der Waals surface area contributed by atoms with E-state index in [0.29, 0.717) is 22.6 Å². The molecule has 1 amide bonds. The summed E-state index contributed by atoms with van der Waals surface area (Å²) < 4.78 is 0. The second-order valence-corrected chi connectivity index (χ2v) is 5.36. The highest BCUT2D eigenvalue weighted by Crippen LogP contribution is 2.22. The number of hydrogen-bond donors (Lipinski definition) is 4. The highest BCUT2D eigenvalue weighted by atomic mass is 16.3. The summed E-state index contributed by atoms with van der Waals surface area (Å²) in [6.07, 6.45) is 1.32. The number of hydrogen-bond acceptors (Lipinski definition) is 5. The Balaban J connectivity index is 2.16. The van der Waals surface area contributed by atoms with Crippen LogP contribution in [0.2, 0.25) is 0 Å². The average Bonchev–Trinajstić information content (AvgIpc) is 2.54. The van der Waals surface area contributed by atoms with E-state index in [1.807, 2.05) is 25.1 Å². The maximum absolute atomic E-state index is 12.2. The lowest BCUT2D eigenvalue weighted by Crippen LogP contribution is -2.15. The van der Waals surface area contributed by atoms with Crippen LogP contribution in [0.25, 0.3) is 0 Å². The van der Waals surface area contributed by atoms with E-state index in [9.17, 15) is 15.2 Å². The number of nitrogens with two attached hydrogens (primary N) is 1. The molecule has 0 aromatic heterocycles. The van der Waals surface area contributed by atoms with Gasteiger partial charge in [0, 0.05) is 11.9 Å². The van der Waals surface area contributed by atoms with E-state index in [1.165, 1.54) is 18.3 Å². The summed E-state index contributed by atoms with van der Waals surface area (Å²) in [6.45, 7) is 3.66. The van der Waals surface area contributed by atoms with Gasteiger partial charge in [0.05, 0.1) is 11.4 Å². The summed E-state index contributed by atoms with van der Waals surface area (Å²) >= 11 is 0. The number of aromatic hydroxyl groups is 1. The number of nitrogens with zero attached hydrogens (tertiary/aromatic N) is 1. The molecule has 0 radical (unpaired) electrons. The van der Waals surface area contributed by atoms with Crippen LogP contribution in [0.5, 0.6) is 5.75 Å². The van der Waals surface area contributed by atoms with Gasteiger partial charge in [0.25, 0.3) is 5.91 Å². The first kappa shape index (κ1) is 16.9. The lowest BCUT2D eigenvalue weighted by atomic mass is 10.1. The van der Waals surface area contributed by atoms with Gasteiger partial charge >= 0.3 is 0 Å². The Morgan fingerprint density at radius 3 is 2.62 bits per heavy atom. The molecule has 0 aliphatic carbocycles. The van der Waals surface area contributed by atoms with Crippen molar-refractivity contribution in [3.63, 3.8) is 0 Å². The number of aryl methyl sites for hydroxylation is 2. The fourth-order valence-corrected chi connectivity index (χ4v) is 2.07. The van der Waals surface area contributed by atoms with Gasteiger partial charge in [-0.1, -0.05) is 6.07 Å². The van der Waals surface area contributed by atoms with Crippen LogP contribution in [0, 0.1) is 25.2 Å². The maximum Gasteiger partial charge on any atom is 0.267 e. The van der Waals surface area contributed by atoms with Gasteiger partial charge in [-0.15, -0.1) is 0 Å². The van der Waals surface area contributed by atoms with Gasteiger partial charge in [-0.3, -0.25) is 4.79 Å². The minimum atomic E-state index is -0.551. The lowest BCUT2D eigenvalue weighted by Gasteiger charge is -2.09. The van der Waals surface area contributed by atoms with E-state index < -0.39 is 5.91 Å². The number of phenolic OH excluding ortho intramolecular Hbond substituents is 1. The predicted molar refractivity (Wildman–Crippen MR) is 94.4 cm³/mol. The van der Waals surface area contributed by atoms with E-state index in [2.05, 4.69) is 10.6 Å². The van der Waals surface area contributed by atoms with Crippen molar-refractivity contribution in [3.05, 3.63) is 59.3 Å². The molecule has 2 aromatic carbocycles. The van der Waals surface area contributed by atoms with Crippen molar-refractivity contribution >= 4 is 23.0 Å². The molecule has 0 saturated carbocycles. The zero-order valence-electron chi connectivity index (χ0n) is 13.4. The summed E-state index contributed by atoms with van der Waals surface area (Å²) in [7, 11) is 0. The molecule has 6 nitrogen and oxygen atoms in total. The number of amides is 1. The van der Waals surface area contributed by atoms with E-state index in [1.54, 1.807) is 19.1 Å². The number of benzene rings is 2. The van der Waals surface area contributed by atoms with Gasteiger partial charge in [-0.2, -0.15) is 5.26 Å². The van der Waals surface area contributed by atoms with Gasteiger partial charge in [0.2, 0.25) is 0 Å². The van der Waals surface area contributed by atoms with Crippen molar-refractivity contribution in [1.82, 2.24) is 0 Å². The zero-order chi connectivity index (χ0) is 17.7. The minimum absolute atomic E-state index is 0.0941. The molecule has 2 rings (SSSR count). The molecule has 122 valence electrons. The fourth-order valence-electron chi connectivity index (χ4n) is 2.07. The van der Waals surface area contributed by atoms with E-state index >= 15 is 0 Å². The molecule has 0 bridgehead atoms. The maximum atomic E-state index is 12.2. The monoisotopic (exact) mass is 322 g/mol. The molecular formula is C18H18N4O2. The Hall–Kier alpha value is -3.46. The average molecular weight is 322 g/mol. The first-order valence-electron chi connectivity index (χ1n) is 7.24. The SMILES string of the molecule is Cc1ccc(N)c(N/C=C(/C#N)C(=O)Nc2ccc(O)cc2C)c1. The van der Waals surface area contributed by atoms with Crippen LogP contribution in [-0.4, -0.2) is 11.0 Å². The van der Waals surface area contributed by atoms with Crippen LogP contribution in [0.3, 0.4) is 0 Å². The molecule has 24 heavy (non-hydrogen) atoms. The number of carbonyl (C=O) groups excluding carboxylic acids is 1. The second kappa shape index (κ2) is 7.20. The number of nitrogens with one attached hydrogen (secondary N) is 2. The molecule has 0 saturated heterocycles. The molecule has 0 atom stereocenters. The van der Waals surface area contributed by atoms with Crippen molar-refractivity contribution in [2.75, 3.05) is 16.4 Å². The van der Waals surface area contributed by atoms with Gasteiger partial charge < -0.3 is 21.5 Å². The van der Waals surface area contributed by atoms with Crippen molar-refractivity contribution in [1.29, 1.82) is 5.26 Å². The van der Waals surface area contributed by atoms with Crippen molar-refractivity contribution in [2.45, 2.75) is 13.8 Å². The number of rotatable bonds is 4. The van der Waals surface area contributed by atoms with Crippen molar-refractivity contribution in [3.8, 4) is 11.8 Å². The van der Waals surface area contributed by atoms with Gasteiger partial charge in [-0.05, 0) is 55.3 Å². The molecule has 0 aliphatic heterocycles. The Morgan fingerprint density at radius 1 is 1.21 bits per heavy atom. The Kier molecular flexibility index (Phi) is 5.07. The minimum Gasteiger partial charge on any atom is -0.508 e. The number of carbonyl (C=O) groups is 1. The third-order valence-electron chi connectivity index (χ3n) is 3.40. The van der Waals surface area contributed by atoms with Crippen LogP contribution in [0.15, 0.2) is 48.2 Å². The van der Waals surface area contributed by atoms with Crippen molar-refractivity contribution in [2.24, 2.45) is 0 Å². The topological polar surface area (TPSA) is 111 Å². The normalized spacial score (nSPS) is 10.8. The predicted octanol–water partition coefficient (Wildman–Crippen LogP) is 3.05. The summed E-state index contributed by atoms with van der Waals surface area (Å²) in [5.74, 6) is -0.442. The van der Waals surface area contributed by atoms with Crippen LogP contribution in [-0.2, 0) is 4.79 Å². The summed E-state index contributed by atoms with van der Waals surface area (Å²) in [6, 6.07) is 11.9. The summed E-state index contributed by atoms with van der Waals surface area (Å²) in [4.78, 5) is 12.2. The Morgan fingerprint density at radius 2 is 1.96 bits per heavy atom. The molecule has 6 heteroatoms. The molecule has 0 heterocycles. The first-order chi connectivity index (χ1) is 11.4. The van der Waals surface area contributed by atoms with E-state index in [4.69, 9.17) is 5.73 Å². The molecule has 0 fully saturated rings. The molecule has 0 unspecified atom stereocenters. The smallest absolute Gasteiger partial charge is 0.267 e. The number of nitriles is 1. The quantitative estimate of drug-likeness (QED) is 0.299. The van der Waals surface area contributed by atoms with Crippen LogP contribution in [0.1, 0.15) is 11.1 Å². The van der Waals surface area contributed by atoms with E-state index in [-0.39, 0.29) is 11.3 Å². The number of anilines is 3. The van der Waals surface area contributed by atoms with Gasteiger partial charge in [0.15, 0.2) is 0 Å². The highest BCUT2D eigenvalue weighted by Gasteiger charge is 2.11. The molecule has 0 spiro atoms. The summed E-state index contributed by atoms with van der Waals surface area (Å²) in [5.41, 5.74) is 9.11.